The van der Waals surface area contributed by atoms with Crippen LogP contribution >= 0.6 is 23.6 Å². The fraction of sp³-hybridized carbons (Fsp3) is 0.370. The molecule has 0 radical (unpaired) electrons. The summed E-state index contributed by atoms with van der Waals surface area (Å²) < 4.78 is 59.2. The fourth-order valence-electron chi connectivity index (χ4n) is 8.69. The summed E-state index contributed by atoms with van der Waals surface area (Å²) in [5, 5.41) is 22.8. The summed E-state index contributed by atoms with van der Waals surface area (Å²) in [6, 6.07) is 20.0. The van der Waals surface area contributed by atoms with Gasteiger partial charge < -0.3 is 40.2 Å². The van der Waals surface area contributed by atoms with E-state index in [0.717, 1.165) is 52.4 Å². The number of aryl methyl sites for hydroxylation is 1. The summed E-state index contributed by atoms with van der Waals surface area (Å²) in [5.41, 5.74) is 7.73. The van der Waals surface area contributed by atoms with Crippen LogP contribution in [0.2, 0.25) is 0 Å². The first-order valence-corrected chi connectivity index (χ1v) is 25.5. The molecule has 7 rings (SSSR count). The number of aliphatic imine (C=N–C) groups is 1. The predicted molar refractivity (Wildman–Crippen MR) is 283 cm³/mol. The second-order valence-corrected chi connectivity index (χ2v) is 20.1. The number of pyridine rings is 1. The van der Waals surface area contributed by atoms with Crippen molar-refractivity contribution in [2.45, 2.75) is 103 Å². The zero-order valence-electron chi connectivity index (χ0n) is 42.2. The van der Waals surface area contributed by atoms with Gasteiger partial charge in [0, 0.05) is 42.7 Å². The van der Waals surface area contributed by atoms with Crippen LogP contribution in [0.15, 0.2) is 108 Å². The Morgan fingerprint density at radius 3 is 2.32 bits per heavy atom. The molecule has 0 bridgehead atoms. The first-order chi connectivity index (χ1) is 35.7. The minimum atomic E-state index is -4.80. The van der Waals surface area contributed by atoms with Gasteiger partial charge in [0.05, 0.1) is 76.2 Å². The summed E-state index contributed by atoms with van der Waals surface area (Å²) in [5.74, 6) is 0.109. The lowest BCUT2D eigenvalue weighted by atomic mass is 10.0. The van der Waals surface area contributed by atoms with Crippen molar-refractivity contribution in [1.29, 1.82) is 5.26 Å². The van der Waals surface area contributed by atoms with Crippen LogP contribution in [-0.2, 0) is 20.6 Å². The molecule has 394 valence electrons. The molecule has 4 atom stereocenters. The molecular formula is C54H58F3N9O7S2. The molecule has 3 amide bonds. The molecule has 4 N–H and O–H groups in total. The molecule has 21 heteroatoms. The van der Waals surface area contributed by atoms with Gasteiger partial charge in [0.2, 0.25) is 11.8 Å². The summed E-state index contributed by atoms with van der Waals surface area (Å²) in [6.45, 7) is 11.5. The lowest BCUT2D eigenvalue weighted by Crippen LogP contribution is -2.50. The van der Waals surface area contributed by atoms with Crippen LogP contribution in [0.5, 0.6) is 17.2 Å². The maximum atomic E-state index is 14.1. The predicted octanol–water partition coefficient (Wildman–Crippen LogP) is 9.06. The maximum absolute atomic E-state index is 14.1. The van der Waals surface area contributed by atoms with Crippen molar-refractivity contribution in [2.75, 3.05) is 29.6 Å². The number of β-amino-alcohol motifs (C(OH)–C–C–N with tert-alkyl or cyclic N) is 1. The number of carbonyl (C=O) groups excluding carboxylic acids is 3. The number of aliphatic hydroxyl groups excluding tert-OH is 1. The van der Waals surface area contributed by atoms with Gasteiger partial charge in [-0.2, -0.15) is 18.4 Å². The number of unbranched alkanes of at least 4 members (excludes halogenated alkanes) is 2. The van der Waals surface area contributed by atoms with E-state index >= 15 is 0 Å². The van der Waals surface area contributed by atoms with E-state index in [2.05, 4.69) is 20.3 Å². The van der Waals surface area contributed by atoms with Gasteiger partial charge >= 0.3 is 6.18 Å². The third-order valence-corrected chi connectivity index (χ3v) is 14.0. The molecule has 2 saturated heterocycles. The Kier molecular flexibility index (Phi) is 17.6. The number of nitrogens with two attached hydrogens (primary N) is 1. The van der Waals surface area contributed by atoms with E-state index in [1.807, 2.05) is 39.8 Å². The van der Waals surface area contributed by atoms with E-state index in [4.69, 9.17) is 32.2 Å². The Labute approximate surface area is 442 Å². The molecule has 2 aromatic heterocycles. The van der Waals surface area contributed by atoms with E-state index in [9.17, 15) is 37.9 Å². The lowest BCUT2D eigenvalue weighted by molar-refractivity contribution is -0.140. The van der Waals surface area contributed by atoms with Crippen molar-refractivity contribution in [2.24, 2.45) is 16.6 Å². The van der Waals surface area contributed by atoms with Crippen LogP contribution in [0, 0.1) is 24.2 Å². The normalized spacial score (nSPS) is 17.6. The molecule has 0 aliphatic carbocycles. The molecule has 4 heterocycles. The third-order valence-electron chi connectivity index (χ3n) is 12.7. The number of likely N-dealkylation sites (tertiary alicyclic amines) is 1. The Balaban J connectivity index is 0.854. The number of rotatable bonds is 20. The van der Waals surface area contributed by atoms with Crippen molar-refractivity contribution < 1.29 is 46.9 Å². The lowest BCUT2D eigenvalue weighted by Gasteiger charge is -2.29. The van der Waals surface area contributed by atoms with E-state index in [1.165, 1.54) is 34.7 Å². The highest BCUT2D eigenvalue weighted by Crippen LogP contribution is 2.40. The number of anilines is 2. The average molecular weight is 1070 g/mol. The van der Waals surface area contributed by atoms with Crippen LogP contribution in [0.4, 0.5) is 24.5 Å². The Morgan fingerprint density at radius 2 is 1.69 bits per heavy atom. The van der Waals surface area contributed by atoms with Gasteiger partial charge in [-0.1, -0.05) is 26.0 Å². The number of alkyl halides is 3. The molecule has 0 spiro atoms. The Hall–Kier alpha value is -7.41. The van der Waals surface area contributed by atoms with Crippen LogP contribution in [0.3, 0.4) is 0 Å². The molecule has 2 fully saturated rings. The number of thiazole rings is 1. The zero-order valence-corrected chi connectivity index (χ0v) is 43.8. The Bertz CT molecular complexity index is 2980. The van der Waals surface area contributed by atoms with E-state index in [0.29, 0.717) is 41.8 Å². The van der Waals surface area contributed by atoms with Crippen molar-refractivity contribution in [3.8, 4) is 33.8 Å². The van der Waals surface area contributed by atoms with Gasteiger partial charge in [0.1, 0.15) is 34.9 Å². The third kappa shape index (κ3) is 12.9. The first-order valence-electron chi connectivity index (χ1n) is 24.3. The molecule has 5 aromatic rings. The fourth-order valence-corrected chi connectivity index (χ4v) is 10.0. The highest BCUT2D eigenvalue weighted by atomic mass is 32.1. The average Bonchev–Trinajstić information content (AvgIpc) is 4.05. The quantitative estimate of drug-likeness (QED) is 0.0288. The van der Waals surface area contributed by atoms with Gasteiger partial charge in [0.25, 0.3) is 5.91 Å². The molecular weight excluding hydrogens is 1010 g/mol. The molecule has 0 unspecified atom stereocenters. The summed E-state index contributed by atoms with van der Waals surface area (Å²) in [7, 11) is 0. The van der Waals surface area contributed by atoms with Gasteiger partial charge in [-0.15, -0.1) is 11.3 Å². The number of aromatic nitrogens is 2. The van der Waals surface area contributed by atoms with E-state index < -0.39 is 64.8 Å². The van der Waals surface area contributed by atoms with Crippen molar-refractivity contribution in [1.82, 2.24) is 20.2 Å². The second kappa shape index (κ2) is 23.9. The number of amides is 3. The standard InChI is InChI=1S/C54H58F3N9O7S2/c1-32(2)47(50(69)64-30-39(67)24-46(64)49(68)63-33(3)45-20-14-36(28-60-45)48-34(4)62-31-75-48)61-29-43(27-59)73-42-12-10-11-41(25-42)72-22-9-7-8-21-71-40-18-16-37(17-19-40)66-52(74)65(51(70)53(66,5)6)38-15-13-35(26-58)44(23-38)54(55,56)57/h10-20,23,25,27-29,31-33,39,46-47,67H,7-9,21-22,24,30,59H2,1-6H3,(H,63,68)/b43-27+,61-29?/t33-,39+,46-,47+/m0/s1. The SMILES string of the molecule is Cc1ncsc1-c1ccc([C@H](C)NC(=O)[C@@H]2C[C@@H](O)CN2C(=O)[C@H](N=C/C(=C\N)Oc2cccc(OCCCCCOc3ccc(N4C(=S)N(c5ccc(C#N)c(C(F)(F)F)c5)C(=O)C4(C)C)cc3)c2)C(C)C)nc1. The molecule has 0 saturated carbocycles. The van der Waals surface area contributed by atoms with E-state index in [1.54, 1.807) is 85.1 Å². The number of ether oxygens (including phenoxy) is 3. The van der Waals surface area contributed by atoms with Crippen LogP contribution in [-0.4, -0.2) is 92.5 Å². The highest BCUT2D eigenvalue weighted by molar-refractivity contribution is 7.81. The summed E-state index contributed by atoms with van der Waals surface area (Å²) >= 11 is 7.17. The topological polar surface area (TPSA) is 209 Å². The molecule has 2 aliphatic heterocycles. The molecule has 16 nitrogen and oxygen atoms in total. The zero-order chi connectivity index (χ0) is 54.2. The minimum absolute atomic E-state index is 0.00407. The van der Waals surface area contributed by atoms with Gasteiger partial charge in [-0.3, -0.25) is 29.3 Å². The van der Waals surface area contributed by atoms with Crippen LogP contribution < -0.4 is 35.1 Å². The number of benzene rings is 3. The van der Waals surface area contributed by atoms with Gasteiger partial charge in [0.15, 0.2) is 10.9 Å². The Morgan fingerprint density at radius 1 is 1.00 bits per heavy atom. The van der Waals surface area contributed by atoms with Crippen molar-refractivity contribution in [3.05, 3.63) is 125 Å². The summed E-state index contributed by atoms with van der Waals surface area (Å²) in [4.78, 5) is 59.8. The first kappa shape index (κ1) is 55.3. The molecule has 75 heavy (non-hydrogen) atoms. The van der Waals surface area contributed by atoms with Crippen LogP contribution in [0.25, 0.3) is 10.4 Å². The monoisotopic (exact) mass is 1070 g/mol. The van der Waals surface area contributed by atoms with Crippen molar-refractivity contribution >= 4 is 64.0 Å². The number of nitrogens with one attached hydrogen (secondary N) is 1. The number of hydrogen-bond acceptors (Lipinski definition) is 14. The van der Waals surface area contributed by atoms with Crippen molar-refractivity contribution in [3.63, 3.8) is 0 Å². The maximum Gasteiger partial charge on any atom is 0.417 e. The number of allylic oxidation sites excluding steroid dienone is 1. The van der Waals surface area contributed by atoms with Gasteiger partial charge in [-0.25, -0.2) is 4.98 Å². The molecule has 2 aliphatic rings. The number of aliphatic hydroxyl groups is 1. The summed E-state index contributed by atoms with van der Waals surface area (Å²) in [6.07, 6.45) is 0.977. The number of carbonyl (C=O) groups is 3. The molecule has 3 aromatic carbocycles. The highest BCUT2D eigenvalue weighted by Gasteiger charge is 2.51. The minimum Gasteiger partial charge on any atom is -0.494 e. The number of nitriles is 1. The number of thiocarbonyl (C=S) groups is 1. The largest absolute Gasteiger partial charge is 0.494 e. The van der Waals surface area contributed by atoms with Gasteiger partial charge in [-0.05, 0) is 126 Å². The van der Waals surface area contributed by atoms with E-state index in [-0.39, 0.29) is 35.4 Å². The second-order valence-electron chi connectivity index (χ2n) is 18.9. The number of halogens is 3. The number of nitrogens with zero attached hydrogens (tertiary/aromatic N) is 7. The smallest absolute Gasteiger partial charge is 0.417 e. The number of hydrogen-bond donors (Lipinski definition) is 3. The van der Waals surface area contributed by atoms with Crippen LogP contribution in [0.1, 0.15) is 88.9 Å².